The summed E-state index contributed by atoms with van der Waals surface area (Å²) in [6.45, 7) is 2.07. The predicted molar refractivity (Wildman–Crippen MR) is 126 cm³/mol. The Morgan fingerprint density at radius 3 is 2.28 bits per heavy atom. The molecule has 4 aromatic rings. The number of hydrogen-bond acceptors (Lipinski definition) is 5. The molecule has 0 amide bonds. The third-order valence-electron chi connectivity index (χ3n) is 5.82. The first kappa shape index (κ1) is 20.3. The van der Waals surface area contributed by atoms with Crippen molar-refractivity contribution in [2.75, 3.05) is 20.1 Å². The predicted octanol–water partition coefficient (Wildman–Crippen LogP) is 5.73. The Balaban J connectivity index is 1.35. The van der Waals surface area contributed by atoms with Gasteiger partial charge in [-0.3, -0.25) is 0 Å². The first-order valence-corrected chi connectivity index (χ1v) is 10.9. The first-order chi connectivity index (χ1) is 15.6. The molecule has 0 bridgehead atoms. The highest BCUT2D eigenvalue weighted by atomic mass is 16.5. The number of ether oxygens (including phenoxy) is 2. The lowest BCUT2D eigenvalue weighted by molar-refractivity contribution is 0.114. The number of nitrogens with zero attached hydrogens (tertiary/aromatic N) is 1. The molecule has 5 rings (SSSR count). The van der Waals surface area contributed by atoms with Crippen LogP contribution in [-0.4, -0.2) is 31.1 Å². The molecule has 3 aromatic carbocycles. The molecule has 1 saturated heterocycles. The van der Waals surface area contributed by atoms with Crippen LogP contribution in [0.1, 0.15) is 12.8 Å². The van der Waals surface area contributed by atoms with Crippen LogP contribution in [0.15, 0.2) is 88.1 Å². The van der Waals surface area contributed by atoms with Crippen molar-refractivity contribution in [2.45, 2.75) is 18.9 Å². The zero-order chi connectivity index (χ0) is 21.9. The van der Waals surface area contributed by atoms with Gasteiger partial charge in [-0.1, -0.05) is 30.3 Å². The molecule has 0 N–H and O–H groups in total. The van der Waals surface area contributed by atoms with Crippen LogP contribution in [0.3, 0.4) is 0 Å². The molecule has 162 valence electrons. The van der Waals surface area contributed by atoms with Gasteiger partial charge < -0.3 is 18.8 Å². The molecular weight excluding hydrogens is 402 g/mol. The fraction of sp³-hybridized carbons (Fsp3) is 0.222. The molecule has 5 heteroatoms. The minimum Gasteiger partial charge on any atom is -0.490 e. The molecule has 0 radical (unpaired) electrons. The van der Waals surface area contributed by atoms with E-state index in [0.29, 0.717) is 16.9 Å². The second kappa shape index (κ2) is 8.89. The average Bonchev–Trinajstić information content (AvgIpc) is 2.81. The van der Waals surface area contributed by atoms with Crippen LogP contribution in [0.2, 0.25) is 0 Å². The molecule has 0 unspecified atom stereocenters. The lowest BCUT2D eigenvalue weighted by Crippen LogP contribution is -2.35. The minimum absolute atomic E-state index is 0.200. The molecule has 0 aliphatic carbocycles. The van der Waals surface area contributed by atoms with Crippen molar-refractivity contribution in [3.05, 3.63) is 89.3 Å². The molecule has 1 aromatic heterocycles. The molecule has 5 nitrogen and oxygen atoms in total. The van der Waals surface area contributed by atoms with Crippen molar-refractivity contribution >= 4 is 11.0 Å². The summed E-state index contributed by atoms with van der Waals surface area (Å²) in [4.78, 5) is 15.0. The number of para-hydroxylation sites is 1. The summed E-state index contributed by atoms with van der Waals surface area (Å²) in [5.41, 5.74) is 1.47. The van der Waals surface area contributed by atoms with Crippen molar-refractivity contribution in [2.24, 2.45) is 0 Å². The van der Waals surface area contributed by atoms with Crippen LogP contribution in [0.25, 0.3) is 22.1 Å². The third-order valence-corrected chi connectivity index (χ3v) is 5.82. The molecule has 1 fully saturated rings. The first-order valence-electron chi connectivity index (χ1n) is 10.9. The van der Waals surface area contributed by atoms with Crippen molar-refractivity contribution in [1.29, 1.82) is 0 Å². The number of hydrogen-bond donors (Lipinski definition) is 0. The Bertz CT molecular complexity index is 1260. The van der Waals surface area contributed by atoms with E-state index in [-0.39, 0.29) is 11.7 Å². The molecule has 32 heavy (non-hydrogen) atoms. The molecule has 2 heterocycles. The normalized spacial score (nSPS) is 15.0. The van der Waals surface area contributed by atoms with Gasteiger partial charge in [-0.05, 0) is 67.9 Å². The third kappa shape index (κ3) is 4.53. The SMILES string of the molecule is CN1CCC(Oc2ccc3cc(-c4ccc(Oc5ccccc5)cc4)c(=O)oc3c2)CC1. The van der Waals surface area contributed by atoms with E-state index in [9.17, 15) is 4.79 Å². The Morgan fingerprint density at radius 2 is 1.53 bits per heavy atom. The molecule has 0 saturated carbocycles. The monoisotopic (exact) mass is 427 g/mol. The Kier molecular flexibility index (Phi) is 5.65. The summed E-state index contributed by atoms with van der Waals surface area (Å²) < 4.78 is 17.6. The van der Waals surface area contributed by atoms with Crippen molar-refractivity contribution < 1.29 is 13.9 Å². The summed E-state index contributed by atoms with van der Waals surface area (Å²) in [6.07, 6.45) is 2.20. The fourth-order valence-electron chi connectivity index (χ4n) is 3.99. The summed E-state index contributed by atoms with van der Waals surface area (Å²) in [6, 6.07) is 24.6. The highest BCUT2D eigenvalue weighted by molar-refractivity contribution is 5.82. The van der Waals surface area contributed by atoms with Gasteiger partial charge in [0.25, 0.3) is 0 Å². The van der Waals surface area contributed by atoms with E-state index in [0.717, 1.165) is 48.4 Å². The van der Waals surface area contributed by atoms with E-state index < -0.39 is 0 Å². The summed E-state index contributed by atoms with van der Waals surface area (Å²) in [5.74, 6) is 2.22. The van der Waals surface area contributed by atoms with Gasteiger partial charge in [0.2, 0.25) is 0 Å². The van der Waals surface area contributed by atoms with Gasteiger partial charge in [-0.15, -0.1) is 0 Å². The Morgan fingerprint density at radius 1 is 0.844 bits per heavy atom. The number of piperidine rings is 1. The summed E-state index contributed by atoms with van der Waals surface area (Å²) >= 11 is 0. The van der Waals surface area contributed by atoms with Crippen LogP contribution in [-0.2, 0) is 0 Å². The molecule has 0 atom stereocenters. The maximum Gasteiger partial charge on any atom is 0.344 e. The number of benzene rings is 3. The standard InChI is InChI=1S/C27H25NO4/c1-28-15-13-23(14-16-28)31-24-12-9-20-17-25(27(29)32-26(20)18-24)19-7-10-22(11-8-19)30-21-5-3-2-4-6-21/h2-12,17-18,23H,13-16H2,1H3. The van der Waals surface area contributed by atoms with Gasteiger partial charge in [-0.2, -0.15) is 0 Å². The maximum absolute atomic E-state index is 12.7. The zero-order valence-corrected chi connectivity index (χ0v) is 18.0. The molecule has 1 aliphatic rings. The zero-order valence-electron chi connectivity index (χ0n) is 18.0. The van der Waals surface area contributed by atoms with E-state index in [1.54, 1.807) is 0 Å². The van der Waals surface area contributed by atoms with Gasteiger partial charge in [-0.25, -0.2) is 4.79 Å². The quantitative estimate of drug-likeness (QED) is 0.381. The van der Waals surface area contributed by atoms with Crippen LogP contribution in [0.5, 0.6) is 17.2 Å². The number of likely N-dealkylation sites (tertiary alicyclic amines) is 1. The number of rotatable bonds is 5. The van der Waals surface area contributed by atoms with E-state index in [2.05, 4.69) is 11.9 Å². The second-order valence-corrected chi connectivity index (χ2v) is 8.21. The van der Waals surface area contributed by atoms with Crippen LogP contribution in [0, 0.1) is 0 Å². The highest BCUT2D eigenvalue weighted by Gasteiger charge is 2.18. The van der Waals surface area contributed by atoms with E-state index in [4.69, 9.17) is 13.9 Å². The molecule has 0 spiro atoms. The largest absolute Gasteiger partial charge is 0.490 e. The van der Waals surface area contributed by atoms with Crippen molar-refractivity contribution in [3.63, 3.8) is 0 Å². The van der Waals surface area contributed by atoms with E-state index >= 15 is 0 Å². The van der Waals surface area contributed by atoms with Crippen molar-refractivity contribution in [1.82, 2.24) is 4.90 Å². The van der Waals surface area contributed by atoms with Gasteiger partial charge in [0.1, 0.15) is 28.9 Å². The lowest BCUT2D eigenvalue weighted by Gasteiger charge is -2.29. The fourth-order valence-corrected chi connectivity index (χ4v) is 3.99. The number of fused-ring (bicyclic) bond motifs is 1. The van der Waals surface area contributed by atoms with Gasteiger partial charge in [0, 0.05) is 24.5 Å². The Hall–Kier alpha value is -3.57. The van der Waals surface area contributed by atoms with E-state index in [1.165, 1.54) is 0 Å². The average molecular weight is 428 g/mol. The minimum atomic E-state index is -0.370. The van der Waals surface area contributed by atoms with Crippen LogP contribution in [0.4, 0.5) is 0 Å². The van der Waals surface area contributed by atoms with E-state index in [1.807, 2.05) is 78.9 Å². The van der Waals surface area contributed by atoms with Gasteiger partial charge in [0.15, 0.2) is 0 Å². The van der Waals surface area contributed by atoms with Crippen molar-refractivity contribution in [3.8, 4) is 28.4 Å². The van der Waals surface area contributed by atoms with Gasteiger partial charge >= 0.3 is 5.63 Å². The summed E-state index contributed by atoms with van der Waals surface area (Å²) in [5, 5.41) is 0.861. The van der Waals surface area contributed by atoms with Gasteiger partial charge in [0.05, 0.1) is 5.56 Å². The lowest BCUT2D eigenvalue weighted by atomic mass is 10.1. The maximum atomic E-state index is 12.7. The molecular formula is C27H25NO4. The topological polar surface area (TPSA) is 51.9 Å². The Labute approximate surface area is 186 Å². The summed E-state index contributed by atoms with van der Waals surface area (Å²) in [7, 11) is 2.13. The highest BCUT2D eigenvalue weighted by Crippen LogP contribution is 2.28. The van der Waals surface area contributed by atoms with Crippen LogP contribution < -0.4 is 15.1 Å². The molecule has 1 aliphatic heterocycles. The second-order valence-electron chi connectivity index (χ2n) is 8.21. The van der Waals surface area contributed by atoms with Crippen LogP contribution >= 0.6 is 0 Å². The smallest absolute Gasteiger partial charge is 0.344 e.